The SMILES string of the molecule is Cc1ccc(-c2c(O)c(C)c(C)c(C(C)C)c2C(C)C)c(O)c1C. The molecule has 0 spiro atoms. The van der Waals surface area contributed by atoms with Crippen molar-refractivity contribution in [3.63, 3.8) is 0 Å². The fraction of sp³-hybridized carbons (Fsp3) is 0.455. The van der Waals surface area contributed by atoms with Crippen LogP contribution in [0.3, 0.4) is 0 Å². The predicted molar refractivity (Wildman–Crippen MR) is 102 cm³/mol. The van der Waals surface area contributed by atoms with Crippen LogP contribution in [0.15, 0.2) is 12.1 Å². The van der Waals surface area contributed by atoms with Gasteiger partial charge in [-0.15, -0.1) is 0 Å². The van der Waals surface area contributed by atoms with E-state index in [1.54, 1.807) is 0 Å². The van der Waals surface area contributed by atoms with E-state index in [4.69, 9.17) is 0 Å². The van der Waals surface area contributed by atoms with Crippen LogP contribution in [-0.4, -0.2) is 10.2 Å². The molecule has 0 unspecified atom stereocenters. The van der Waals surface area contributed by atoms with Gasteiger partial charge in [0.25, 0.3) is 0 Å². The molecule has 0 heterocycles. The number of hydrogen-bond donors (Lipinski definition) is 2. The van der Waals surface area contributed by atoms with E-state index in [2.05, 4.69) is 34.6 Å². The maximum absolute atomic E-state index is 10.9. The van der Waals surface area contributed by atoms with Gasteiger partial charge in [-0.05, 0) is 72.9 Å². The fourth-order valence-electron chi connectivity index (χ4n) is 3.65. The Morgan fingerprint density at radius 3 is 1.71 bits per heavy atom. The smallest absolute Gasteiger partial charge is 0.127 e. The molecule has 0 saturated heterocycles. The molecule has 2 N–H and O–H groups in total. The van der Waals surface area contributed by atoms with E-state index in [0.29, 0.717) is 11.7 Å². The highest BCUT2D eigenvalue weighted by molar-refractivity contribution is 5.83. The molecule has 2 aromatic rings. The van der Waals surface area contributed by atoms with Crippen molar-refractivity contribution in [3.8, 4) is 22.6 Å². The Hall–Kier alpha value is -1.96. The minimum absolute atomic E-state index is 0.253. The molecule has 0 saturated carbocycles. The summed E-state index contributed by atoms with van der Waals surface area (Å²) in [5, 5.41) is 21.7. The first kappa shape index (κ1) is 18.4. The summed E-state index contributed by atoms with van der Waals surface area (Å²) in [5.74, 6) is 1.17. The van der Waals surface area contributed by atoms with Gasteiger partial charge in [0.15, 0.2) is 0 Å². The van der Waals surface area contributed by atoms with Gasteiger partial charge in [-0.3, -0.25) is 0 Å². The maximum atomic E-state index is 10.9. The fourth-order valence-corrected chi connectivity index (χ4v) is 3.65. The van der Waals surface area contributed by atoms with Gasteiger partial charge in [0, 0.05) is 11.1 Å². The van der Waals surface area contributed by atoms with E-state index < -0.39 is 0 Å². The van der Waals surface area contributed by atoms with Crippen LogP contribution in [0.4, 0.5) is 0 Å². The third-order valence-electron chi connectivity index (χ3n) is 5.24. The first-order valence-electron chi connectivity index (χ1n) is 8.74. The lowest BCUT2D eigenvalue weighted by molar-refractivity contribution is 0.463. The molecule has 2 aromatic carbocycles. The Morgan fingerprint density at radius 1 is 0.667 bits per heavy atom. The van der Waals surface area contributed by atoms with Crippen molar-refractivity contribution in [2.75, 3.05) is 0 Å². The van der Waals surface area contributed by atoms with Crippen molar-refractivity contribution in [2.24, 2.45) is 0 Å². The lowest BCUT2D eigenvalue weighted by Gasteiger charge is -2.26. The zero-order valence-electron chi connectivity index (χ0n) is 16.2. The second kappa shape index (κ2) is 6.51. The molecule has 2 nitrogen and oxygen atoms in total. The molecule has 0 bridgehead atoms. The van der Waals surface area contributed by atoms with Gasteiger partial charge in [0.2, 0.25) is 0 Å². The highest BCUT2D eigenvalue weighted by Crippen LogP contribution is 2.48. The largest absolute Gasteiger partial charge is 0.507 e. The van der Waals surface area contributed by atoms with Gasteiger partial charge in [-0.25, -0.2) is 0 Å². The molecule has 0 aromatic heterocycles. The minimum atomic E-state index is 0.253. The zero-order chi connectivity index (χ0) is 18.3. The van der Waals surface area contributed by atoms with Crippen molar-refractivity contribution in [2.45, 2.75) is 67.2 Å². The molecule has 0 fully saturated rings. The van der Waals surface area contributed by atoms with Gasteiger partial charge in [0.1, 0.15) is 11.5 Å². The van der Waals surface area contributed by atoms with E-state index in [0.717, 1.165) is 38.9 Å². The Morgan fingerprint density at radius 2 is 1.21 bits per heavy atom. The second-order valence-electron chi connectivity index (χ2n) is 7.51. The maximum Gasteiger partial charge on any atom is 0.127 e. The Kier molecular flexibility index (Phi) is 4.98. The first-order valence-corrected chi connectivity index (χ1v) is 8.74. The molecule has 0 amide bonds. The lowest BCUT2D eigenvalue weighted by Crippen LogP contribution is -2.07. The molecule has 130 valence electrons. The average Bonchev–Trinajstić information content (AvgIpc) is 2.50. The van der Waals surface area contributed by atoms with E-state index in [9.17, 15) is 10.2 Å². The molecule has 0 radical (unpaired) electrons. The van der Waals surface area contributed by atoms with E-state index >= 15 is 0 Å². The number of phenols is 2. The van der Waals surface area contributed by atoms with Crippen molar-refractivity contribution in [1.29, 1.82) is 0 Å². The molecular formula is C22H30O2. The van der Waals surface area contributed by atoms with E-state index in [-0.39, 0.29) is 11.7 Å². The number of phenolic OH excluding ortho intramolecular Hbond substituents is 2. The van der Waals surface area contributed by atoms with Crippen molar-refractivity contribution >= 4 is 0 Å². The summed E-state index contributed by atoms with van der Waals surface area (Å²) in [5.41, 5.74) is 7.91. The third kappa shape index (κ3) is 2.79. The van der Waals surface area contributed by atoms with Crippen LogP contribution in [0.5, 0.6) is 11.5 Å². The summed E-state index contributed by atoms with van der Waals surface area (Å²) in [4.78, 5) is 0. The number of aryl methyl sites for hydroxylation is 1. The molecule has 2 rings (SSSR count). The molecule has 0 aliphatic rings. The topological polar surface area (TPSA) is 40.5 Å². The molecule has 2 heteroatoms. The standard InChI is InChI=1S/C22H30O2/c1-11(2)18-15(7)16(8)22(24)20(19(18)12(3)4)17-10-9-13(5)14(6)21(17)23/h9-12,23-24H,1-8H3. The van der Waals surface area contributed by atoms with E-state index in [1.807, 2.05) is 32.9 Å². The predicted octanol–water partition coefficient (Wildman–Crippen LogP) is 6.25. The summed E-state index contributed by atoms with van der Waals surface area (Å²) in [6, 6.07) is 3.94. The minimum Gasteiger partial charge on any atom is -0.507 e. The number of hydrogen-bond acceptors (Lipinski definition) is 2. The normalized spacial score (nSPS) is 11.6. The summed E-state index contributed by atoms with van der Waals surface area (Å²) in [7, 11) is 0. The van der Waals surface area contributed by atoms with Gasteiger partial charge in [-0.1, -0.05) is 39.8 Å². The monoisotopic (exact) mass is 326 g/mol. The highest BCUT2D eigenvalue weighted by atomic mass is 16.3. The van der Waals surface area contributed by atoms with Gasteiger partial charge < -0.3 is 10.2 Å². The van der Waals surface area contributed by atoms with E-state index in [1.165, 1.54) is 5.56 Å². The molecule has 24 heavy (non-hydrogen) atoms. The Balaban J connectivity index is 3.01. The van der Waals surface area contributed by atoms with Gasteiger partial charge >= 0.3 is 0 Å². The molecule has 0 aliphatic heterocycles. The van der Waals surface area contributed by atoms with Crippen LogP contribution in [0.25, 0.3) is 11.1 Å². The quantitative estimate of drug-likeness (QED) is 0.700. The summed E-state index contributed by atoms with van der Waals surface area (Å²) < 4.78 is 0. The Labute approximate surface area is 146 Å². The van der Waals surface area contributed by atoms with Crippen LogP contribution in [-0.2, 0) is 0 Å². The lowest BCUT2D eigenvalue weighted by atomic mass is 9.79. The summed E-state index contributed by atoms with van der Waals surface area (Å²) in [6.07, 6.45) is 0. The zero-order valence-corrected chi connectivity index (χ0v) is 16.2. The Bertz CT molecular complexity index is 784. The number of aromatic hydroxyl groups is 2. The molecule has 0 atom stereocenters. The van der Waals surface area contributed by atoms with Crippen molar-refractivity contribution in [3.05, 3.63) is 45.5 Å². The van der Waals surface area contributed by atoms with Crippen LogP contribution >= 0.6 is 0 Å². The number of rotatable bonds is 3. The number of benzene rings is 2. The van der Waals surface area contributed by atoms with Crippen LogP contribution < -0.4 is 0 Å². The van der Waals surface area contributed by atoms with Crippen LogP contribution in [0.1, 0.15) is 72.9 Å². The molecular weight excluding hydrogens is 296 g/mol. The third-order valence-corrected chi connectivity index (χ3v) is 5.24. The first-order chi connectivity index (χ1) is 11.1. The van der Waals surface area contributed by atoms with Gasteiger partial charge in [0.05, 0.1) is 0 Å². The summed E-state index contributed by atoms with van der Waals surface area (Å²) >= 11 is 0. The summed E-state index contributed by atoms with van der Waals surface area (Å²) in [6.45, 7) is 16.6. The highest BCUT2D eigenvalue weighted by Gasteiger charge is 2.25. The average molecular weight is 326 g/mol. The molecule has 0 aliphatic carbocycles. The van der Waals surface area contributed by atoms with Crippen LogP contribution in [0, 0.1) is 27.7 Å². The van der Waals surface area contributed by atoms with Crippen molar-refractivity contribution < 1.29 is 10.2 Å². The second-order valence-corrected chi connectivity index (χ2v) is 7.51. The van der Waals surface area contributed by atoms with Crippen molar-refractivity contribution in [1.82, 2.24) is 0 Å². The van der Waals surface area contributed by atoms with Crippen LogP contribution in [0.2, 0.25) is 0 Å². The van der Waals surface area contributed by atoms with Gasteiger partial charge in [-0.2, -0.15) is 0 Å².